The van der Waals surface area contributed by atoms with E-state index in [0.717, 1.165) is 15.6 Å². The van der Waals surface area contributed by atoms with Gasteiger partial charge in [-0.3, -0.25) is 0 Å². The van der Waals surface area contributed by atoms with Gasteiger partial charge in [-0.05, 0) is 60.7 Å². The molecule has 0 saturated carbocycles. The highest BCUT2D eigenvalue weighted by Crippen LogP contribution is 2.35. The Morgan fingerprint density at radius 3 is 2.54 bits per heavy atom. The minimum absolute atomic E-state index is 0.0493. The van der Waals surface area contributed by atoms with Gasteiger partial charge in [0.15, 0.2) is 0 Å². The number of nitroso groups, excluding NO2 is 1. The molecule has 1 aliphatic heterocycles. The fourth-order valence-corrected chi connectivity index (χ4v) is 3.94. The van der Waals surface area contributed by atoms with E-state index in [2.05, 4.69) is 52.3 Å². The zero-order valence-electron chi connectivity index (χ0n) is 16.1. The second-order valence-electron chi connectivity index (χ2n) is 7.05. The SMILES string of the molecule is CCN1C=C(C(CC(c2ccc(Br)cc2)c2ccccc2C)N=O)C=CC1O. The van der Waals surface area contributed by atoms with Crippen LogP contribution in [0.15, 0.2) is 82.1 Å². The molecule has 2 aromatic rings. The largest absolute Gasteiger partial charge is 0.370 e. The molecule has 2 aromatic carbocycles. The van der Waals surface area contributed by atoms with Crippen LogP contribution in [0.25, 0.3) is 0 Å². The normalized spacial score (nSPS) is 18.5. The van der Waals surface area contributed by atoms with Crippen molar-refractivity contribution in [1.29, 1.82) is 0 Å². The van der Waals surface area contributed by atoms with E-state index in [1.54, 1.807) is 11.0 Å². The van der Waals surface area contributed by atoms with E-state index in [4.69, 9.17) is 0 Å². The van der Waals surface area contributed by atoms with E-state index in [1.807, 2.05) is 43.5 Å². The lowest BCUT2D eigenvalue weighted by Crippen LogP contribution is -2.32. The summed E-state index contributed by atoms with van der Waals surface area (Å²) in [5.74, 6) is 0.0493. The van der Waals surface area contributed by atoms with E-state index in [1.165, 1.54) is 11.1 Å². The molecule has 3 unspecified atom stereocenters. The Kier molecular flexibility index (Phi) is 6.81. The molecule has 0 radical (unpaired) electrons. The molecule has 3 atom stereocenters. The van der Waals surface area contributed by atoms with Crippen LogP contribution in [0.2, 0.25) is 0 Å². The highest BCUT2D eigenvalue weighted by atomic mass is 79.9. The number of aliphatic hydroxyl groups excluding tert-OH is 1. The number of hydrogen-bond donors (Lipinski definition) is 1. The second-order valence-corrected chi connectivity index (χ2v) is 7.97. The summed E-state index contributed by atoms with van der Waals surface area (Å²) in [5.41, 5.74) is 4.38. The van der Waals surface area contributed by atoms with Crippen molar-refractivity contribution in [3.63, 3.8) is 0 Å². The van der Waals surface area contributed by atoms with Crippen molar-refractivity contribution >= 4 is 15.9 Å². The van der Waals surface area contributed by atoms with Crippen molar-refractivity contribution in [2.24, 2.45) is 5.18 Å². The molecule has 0 fully saturated rings. The summed E-state index contributed by atoms with van der Waals surface area (Å²) in [6.07, 6.45) is 5.30. The lowest BCUT2D eigenvalue weighted by atomic mass is 9.82. The van der Waals surface area contributed by atoms with Gasteiger partial charge in [-0.15, -0.1) is 0 Å². The van der Waals surface area contributed by atoms with Gasteiger partial charge in [0.25, 0.3) is 0 Å². The Bertz CT molecular complexity index is 876. The Morgan fingerprint density at radius 2 is 1.89 bits per heavy atom. The fourth-order valence-electron chi connectivity index (χ4n) is 3.67. The molecule has 0 spiro atoms. The summed E-state index contributed by atoms with van der Waals surface area (Å²) < 4.78 is 1.02. The van der Waals surface area contributed by atoms with Gasteiger partial charge in [-0.1, -0.05) is 63.6 Å². The standard InChI is InChI=1S/C23H25BrN2O2/c1-3-26-15-18(10-13-23(26)27)22(25-28)14-21(17-8-11-19(24)12-9-17)20-7-5-4-6-16(20)2/h4-13,15,21-23,27H,3,14H2,1-2H3. The number of aliphatic hydroxyl groups is 1. The number of benzene rings is 2. The maximum atomic E-state index is 11.8. The predicted molar refractivity (Wildman–Crippen MR) is 117 cm³/mol. The van der Waals surface area contributed by atoms with E-state index in [-0.39, 0.29) is 5.92 Å². The zero-order chi connectivity index (χ0) is 20.1. The van der Waals surface area contributed by atoms with Gasteiger partial charge in [0, 0.05) is 23.1 Å². The first-order valence-corrected chi connectivity index (χ1v) is 10.3. The lowest BCUT2D eigenvalue weighted by Gasteiger charge is -2.29. The van der Waals surface area contributed by atoms with Gasteiger partial charge in [-0.25, -0.2) is 0 Å². The zero-order valence-corrected chi connectivity index (χ0v) is 17.7. The number of aryl methyl sites for hydroxylation is 1. The molecule has 0 bridgehead atoms. The third-order valence-corrected chi connectivity index (χ3v) is 5.82. The average molecular weight is 441 g/mol. The molecule has 3 rings (SSSR count). The molecule has 0 aromatic heterocycles. The highest BCUT2D eigenvalue weighted by Gasteiger charge is 2.26. The van der Waals surface area contributed by atoms with Gasteiger partial charge in [0.1, 0.15) is 12.3 Å². The minimum Gasteiger partial charge on any atom is -0.370 e. The molecule has 0 saturated heterocycles. The van der Waals surface area contributed by atoms with Crippen molar-refractivity contribution in [3.05, 3.63) is 98.5 Å². The van der Waals surface area contributed by atoms with Crippen LogP contribution in [-0.4, -0.2) is 28.8 Å². The Balaban J connectivity index is 1.96. The number of likely N-dealkylation sites (N-methyl/N-ethyl adjacent to an activating group) is 1. The maximum absolute atomic E-state index is 11.8. The first-order chi connectivity index (χ1) is 13.5. The molecule has 5 heteroatoms. The van der Waals surface area contributed by atoms with Crippen LogP contribution in [0, 0.1) is 11.8 Å². The van der Waals surface area contributed by atoms with Crippen molar-refractivity contribution in [2.45, 2.75) is 38.5 Å². The Labute approximate surface area is 174 Å². The molecule has 0 aliphatic carbocycles. The molecule has 1 aliphatic rings. The van der Waals surface area contributed by atoms with E-state index in [9.17, 15) is 10.0 Å². The monoisotopic (exact) mass is 440 g/mol. The summed E-state index contributed by atoms with van der Waals surface area (Å²) in [6, 6.07) is 16.0. The molecule has 4 nitrogen and oxygen atoms in total. The molecule has 1 heterocycles. The van der Waals surface area contributed by atoms with Crippen LogP contribution in [0.5, 0.6) is 0 Å². The predicted octanol–water partition coefficient (Wildman–Crippen LogP) is 5.51. The smallest absolute Gasteiger partial charge is 0.146 e. The summed E-state index contributed by atoms with van der Waals surface area (Å²) in [7, 11) is 0. The summed E-state index contributed by atoms with van der Waals surface area (Å²) in [4.78, 5) is 13.6. The Morgan fingerprint density at radius 1 is 1.18 bits per heavy atom. The molecule has 1 N–H and O–H groups in total. The fraction of sp³-hybridized carbons (Fsp3) is 0.304. The van der Waals surface area contributed by atoms with Crippen LogP contribution in [0.1, 0.15) is 36.0 Å². The van der Waals surface area contributed by atoms with Gasteiger partial charge in [0.05, 0.1) is 0 Å². The van der Waals surface area contributed by atoms with E-state index < -0.39 is 12.3 Å². The quantitative estimate of drug-likeness (QED) is 0.577. The molecule has 146 valence electrons. The minimum atomic E-state index is -0.653. The van der Waals surface area contributed by atoms with Crippen molar-refractivity contribution in [3.8, 4) is 0 Å². The van der Waals surface area contributed by atoms with Crippen molar-refractivity contribution in [2.75, 3.05) is 6.54 Å². The number of hydrogen-bond acceptors (Lipinski definition) is 4. The third kappa shape index (κ3) is 4.59. The number of rotatable bonds is 7. The first-order valence-electron chi connectivity index (χ1n) is 9.50. The van der Waals surface area contributed by atoms with Gasteiger partial charge < -0.3 is 10.0 Å². The van der Waals surface area contributed by atoms with Crippen LogP contribution in [-0.2, 0) is 0 Å². The lowest BCUT2D eigenvalue weighted by molar-refractivity contribution is 0.0803. The van der Waals surface area contributed by atoms with Crippen molar-refractivity contribution in [1.82, 2.24) is 4.90 Å². The van der Waals surface area contributed by atoms with E-state index >= 15 is 0 Å². The number of nitrogens with zero attached hydrogens (tertiary/aromatic N) is 2. The van der Waals surface area contributed by atoms with E-state index in [0.29, 0.717) is 13.0 Å². The van der Waals surface area contributed by atoms with Gasteiger partial charge in [-0.2, -0.15) is 4.91 Å². The number of halogens is 1. The maximum Gasteiger partial charge on any atom is 0.146 e. The van der Waals surface area contributed by atoms with Crippen LogP contribution >= 0.6 is 15.9 Å². The van der Waals surface area contributed by atoms with Gasteiger partial charge >= 0.3 is 0 Å². The summed E-state index contributed by atoms with van der Waals surface area (Å²) >= 11 is 3.50. The third-order valence-electron chi connectivity index (χ3n) is 5.29. The molecular formula is C23H25BrN2O2. The molecule has 0 amide bonds. The highest BCUT2D eigenvalue weighted by molar-refractivity contribution is 9.10. The van der Waals surface area contributed by atoms with Crippen LogP contribution < -0.4 is 0 Å². The Hall–Kier alpha value is -2.24. The first kappa shape index (κ1) is 20.5. The van der Waals surface area contributed by atoms with Crippen LogP contribution in [0.4, 0.5) is 0 Å². The molecule has 28 heavy (non-hydrogen) atoms. The average Bonchev–Trinajstić information content (AvgIpc) is 2.71. The topological polar surface area (TPSA) is 52.9 Å². The summed E-state index contributed by atoms with van der Waals surface area (Å²) in [6.45, 7) is 4.73. The summed E-state index contributed by atoms with van der Waals surface area (Å²) in [5, 5.41) is 13.5. The van der Waals surface area contributed by atoms with Gasteiger partial charge in [0.2, 0.25) is 0 Å². The van der Waals surface area contributed by atoms with Crippen LogP contribution in [0.3, 0.4) is 0 Å². The molecular weight excluding hydrogens is 416 g/mol. The van der Waals surface area contributed by atoms with Crippen molar-refractivity contribution < 1.29 is 5.11 Å². The second kappa shape index (κ2) is 9.30.